The van der Waals surface area contributed by atoms with Gasteiger partial charge in [0.2, 0.25) is 0 Å². The molecule has 8 heteroatoms. The van der Waals surface area contributed by atoms with Gasteiger partial charge in [-0.15, -0.1) is 0 Å². The summed E-state index contributed by atoms with van der Waals surface area (Å²) in [4.78, 5) is 20.1. The largest absolute Gasteiger partial charge is 0.390 e. The lowest BCUT2D eigenvalue weighted by molar-refractivity contribution is 0.0884. The molecule has 0 saturated carbocycles. The number of aromatic nitrogens is 2. The molecule has 3 N–H and O–H groups in total. The van der Waals surface area contributed by atoms with E-state index in [1.807, 2.05) is 0 Å². The summed E-state index contributed by atoms with van der Waals surface area (Å²) >= 11 is 0. The number of H-pyrrole nitrogens is 1. The molecule has 1 aromatic carbocycles. The monoisotopic (exact) mass is 322 g/mol. The van der Waals surface area contributed by atoms with Gasteiger partial charge in [-0.05, 0) is 12.1 Å². The van der Waals surface area contributed by atoms with Crippen LogP contribution in [-0.4, -0.2) is 51.1 Å². The molecule has 2 atom stereocenters. The fourth-order valence-corrected chi connectivity index (χ4v) is 2.67. The number of imidazole rings is 1. The number of hydrogen-bond acceptors (Lipinski definition) is 4. The first-order valence-corrected chi connectivity index (χ1v) is 7.17. The number of likely N-dealkylation sites (tertiary alicyclic amines) is 1. The summed E-state index contributed by atoms with van der Waals surface area (Å²) in [5.74, 6) is -1.63. The summed E-state index contributed by atoms with van der Waals surface area (Å²) in [6.07, 6.45) is 1.95. The molecule has 1 fully saturated rings. The molecule has 1 saturated heterocycles. The number of rotatable bonds is 4. The van der Waals surface area contributed by atoms with Crippen molar-refractivity contribution < 1.29 is 18.7 Å². The Morgan fingerprint density at radius 1 is 1.39 bits per heavy atom. The van der Waals surface area contributed by atoms with Crippen LogP contribution in [0.4, 0.5) is 8.78 Å². The van der Waals surface area contributed by atoms with Crippen LogP contribution in [0.3, 0.4) is 0 Å². The van der Waals surface area contributed by atoms with Crippen LogP contribution in [0.15, 0.2) is 30.7 Å². The van der Waals surface area contributed by atoms with Gasteiger partial charge in [-0.25, -0.2) is 13.8 Å². The molecular weight excluding hydrogens is 306 g/mol. The van der Waals surface area contributed by atoms with Gasteiger partial charge in [-0.3, -0.25) is 9.69 Å². The van der Waals surface area contributed by atoms with Crippen molar-refractivity contribution in [3.05, 3.63) is 53.6 Å². The van der Waals surface area contributed by atoms with Crippen molar-refractivity contribution in [1.29, 1.82) is 0 Å². The minimum absolute atomic E-state index is 0.0337. The maximum Gasteiger partial charge on any atom is 0.269 e. The van der Waals surface area contributed by atoms with Crippen LogP contribution in [0, 0.1) is 11.6 Å². The first kappa shape index (κ1) is 15.6. The summed E-state index contributed by atoms with van der Waals surface area (Å²) in [7, 11) is 0. The van der Waals surface area contributed by atoms with Gasteiger partial charge in [0.05, 0.1) is 24.7 Å². The molecule has 1 aliphatic rings. The van der Waals surface area contributed by atoms with Crippen LogP contribution in [0.5, 0.6) is 0 Å². The Morgan fingerprint density at radius 2 is 2.13 bits per heavy atom. The molecule has 1 amide bonds. The van der Waals surface area contributed by atoms with E-state index in [4.69, 9.17) is 0 Å². The van der Waals surface area contributed by atoms with Crippen LogP contribution in [0.1, 0.15) is 16.1 Å². The number of halogens is 2. The normalized spacial score (nSPS) is 21.5. The summed E-state index contributed by atoms with van der Waals surface area (Å²) in [6.45, 7) is 0.558. The van der Waals surface area contributed by atoms with Gasteiger partial charge in [-0.1, -0.05) is 6.07 Å². The van der Waals surface area contributed by atoms with E-state index < -0.39 is 23.8 Å². The molecule has 2 heterocycles. The van der Waals surface area contributed by atoms with Gasteiger partial charge in [0, 0.05) is 25.2 Å². The van der Waals surface area contributed by atoms with Crippen LogP contribution < -0.4 is 5.32 Å². The zero-order valence-corrected chi connectivity index (χ0v) is 12.2. The van der Waals surface area contributed by atoms with E-state index in [2.05, 4.69) is 15.3 Å². The number of aliphatic hydroxyl groups is 1. The summed E-state index contributed by atoms with van der Waals surface area (Å²) in [5, 5.41) is 12.7. The number of nitrogens with one attached hydrogen (secondary N) is 2. The molecule has 0 spiro atoms. The van der Waals surface area contributed by atoms with E-state index in [-0.39, 0.29) is 30.3 Å². The Hall–Kier alpha value is -2.32. The molecular formula is C15H16F2N4O2. The van der Waals surface area contributed by atoms with Crippen molar-refractivity contribution >= 4 is 5.91 Å². The van der Waals surface area contributed by atoms with Crippen LogP contribution >= 0.6 is 0 Å². The Kier molecular flexibility index (Phi) is 4.35. The SMILES string of the molecule is O=C(N[C@@H]1CN(Cc2c(F)cccc2F)C[C@H]1O)c1cnc[nH]1. The lowest BCUT2D eigenvalue weighted by Gasteiger charge is -2.17. The van der Waals surface area contributed by atoms with Crippen molar-refractivity contribution in [2.24, 2.45) is 0 Å². The molecule has 6 nitrogen and oxygen atoms in total. The van der Waals surface area contributed by atoms with E-state index in [1.165, 1.54) is 30.7 Å². The first-order valence-electron chi connectivity index (χ1n) is 7.17. The second kappa shape index (κ2) is 6.43. The van der Waals surface area contributed by atoms with Crippen LogP contribution in [0.25, 0.3) is 0 Å². The Morgan fingerprint density at radius 3 is 2.78 bits per heavy atom. The molecule has 3 rings (SSSR count). The lowest BCUT2D eigenvalue weighted by Crippen LogP contribution is -2.42. The van der Waals surface area contributed by atoms with Gasteiger partial charge in [0.1, 0.15) is 17.3 Å². The third-order valence-electron chi connectivity index (χ3n) is 3.87. The number of β-amino-alcohol motifs (C(OH)–C–C–N with tert-alkyl or cyclic N) is 1. The first-order chi connectivity index (χ1) is 11.0. The number of benzene rings is 1. The van der Waals surface area contributed by atoms with Crippen molar-refractivity contribution in [2.75, 3.05) is 13.1 Å². The Bertz CT molecular complexity index is 673. The van der Waals surface area contributed by atoms with Crippen molar-refractivity contribution in [2.45, 2.75) is 18.7 Å². The second-order valence-corrected chi connectivity index (χ2v) is 5.51. The number of aromatic amines is 1. The standard InChI is InChI=1S/C15H16F2N4O2/c16-10-2-1-3-11(17)9(10)5-21-6-13(14(22)7-21)20-15(23)12-4-18-8-19-12/h1-4,8,13-14,22H,5-7H2,(H,18,19)(H,20,23)/t13-,14-/m1/s1. The lowest BCUT2D eigenvalue weighted by atomic mass is 10.2. The second-order valence-electron chi connectivity index (χ2n) is 5.51. The number of nitrogens with zero attached hydrogens (tertiary/aromatic N) is 2. The average molecular weight is 322 g/mol. The Labute approximate surface area is 131 Å². The van der Waals surface area contributed by atoms with E-state index in [0.717, 1.165) is 0 Å². The molecule has 1 aromatic heterocycles. The zero-order chi connectivity index (χ0) is 16.4. The van der Waals surface area contributed by atoms with Crippen molar-refractivity contribution in [1.82, 2.24) is 20.2 Å². The van der Waals surface area contributed by atoms with Crippen molar-refractivity contribution in [3.63, 3.8) is 0 Å². The highest BCUT2D eigenvalue weighted by Crippen LogP contribution is 2.19. The van der Waals surface area contributed by atoms with E-state index in [1.54, 1.807) is 4.90 Å². The zero-order valence-electron chi connectivity index (χ0n) is 12.2. The molecule has 2 aromatic rings. The molecule has 0 aliphatic carbocycles. The van der Waals surface area contributed by atoms with E-state index in [9.17, 15) is 18.7 Å². The smallest absolute Gasteiger partial charge is 0.269 e. The minimum Gasteiger partial charge on any atom is -0.390 e. The quantitative estimate of drug-likeness (QED) is 0.772. The predicted octanol–water partition coefficient (Wildman–Crippen LogP) is 0.663. The molecule has 0 unspecified atom stereocenters. The Balaban J connectivity index is 1.63. The van der Waals surface area contributed by atoms with Gasteiger partial charge in [0.15, 0.2) is 0 Å². The highest BCUT2D eigenvalue weighted by molar-refractivity contribution is 5.92. The highest BCUT2D eigenvalue weighted by atomic mass is 19.1. The number of hydrogen-bond donors (Lipinski definition) is 3. The number of carbonyl (C=O) groups excluding carboxylic acids is 1. The van der Waals surface area contributed by atoms with Gasteiger partial charge in [0.25, 0.3) is 5.91 Å². The van der Waals surface area contributed by atoms with Crippen LogP contribution in [-0.2, 0) is 6.54 Å². The third-order valence-corrected chi connectivity index (χ3v) is 3.87. The highest BCUT2D eigenvalue weighted by Gasteiger charge is 2.33. The van der Waals surface area contributed by atoms with Gasteiger partial charge >= 0.3 is 0 Å². The minimum atomic E-state index is -0.809. The fraction of sp³-hybridized carbons (Fsp3) is 0.333. The maximum atomic E-state index is 13.7. The van der Waals surface area contributed by atoms with Gasteiger partial charge < -0.3 is 15.4 Å². The summed E-state index contributed by atoms with van der Waals surface area (Å²) in [5.41, 5.74) is 0.246. The molecule has 122 valence electrons. The maximum absolute atomic E-state index is 13.7. The van der Waals surface area contributed by atoms with E-state index in [0.29, 0.717) is 6.54 Å². The molecule has 1 aliphatic heterocycles. The number of amides is 1. The number of aliphatic hydroxyl groups excluding tert-OH is 1. The number of carbonyl (C=O) groups is 1. The molecule has 23 heavy (non-hydrogen) atoms. The van der Waals surface area contributed by atoms with Crippen molar-refractivity contribution in [3.8, 4) is 0 Å². The topological polar surface area (TPSA) is 81.2 Å². The average Bonchev–Trinajstić information content (AvgIpc) is 3.14. The summed E-state index contributed by atoms with van der Waals surface area (Å²) < 4.78 is 27.4. The fourth-order valence-electron chi connectivity index (χ4n) is 2.67. The van der Waals surface area contributed by atoms with Gasteiger partial charge in [-0.2, -0.15) is 0 Å². The molecule has 0 radical (unpaired) electrons. The molecule has 0 bridgehead atoms. The predicted molar refractivity (Wildman–Crippen MR) is 77.5 cm³/mol. The third kappa shape index (κ3) is 3.38. The summed E-state index contributed by atoms with van der Waals surface area (Å²) in [6, 6.07) is 3.19. The van der Waals surface area contributed by atoms with E-state index >= 15 is 0 Å². The van der Waals surface area contributed by atoms with Crippen LogP contribution in [0.2, 0.25) is 0 Å².